The second-order valence-electron chi connectivity index (χ2n) is 12.7. The number of carbonyl (C=O) groups is 2. The number of aromatic nitrogens is 3. The molecule has 0 radical (unpaired) electrons. The van der Waals surface area contributed by atoms with Crippen LogP contribution in [-0.4, -0.2) is 61.9 Å². The molecule has 9 nitrogen and oxygen atoms in total. The number of fused-ring (bicyclic) bond motifs is 3. The third-order valence-corrected chi connectivity index (χ3v) is 9.65. The summed E-state index contributed by atoms with van der Waals surface area (Å²) in [4.78, 5) is 32.0. The molecule has 2 N–H and O–H groups in total. The quantitative estimate of drug-likeness (QED) is 0.197. The number of halogens is 2. The van der Waals surface area contributed by atoms with Crippen LogP contribution in [0.2, 0.25) is 0 Å². The number of hydrogen-bond donors (Lipinski definition) is 2. The van der Waals surface area contributed by atoms with Gasteiger partial charge in [0.25, 0.3) is 5.91 Å². The zero-order valence-corrected chi connectivity index (χ0v) is 27.5. The lowest BCUT2D eigenvalue weighted by molar-refractivity contribution is -0.129. The Morgan fingerprint density at radius 1 is 1.17 bits per heavy atom. The van der Waals surface area contributed by atoms with Crippen molar-refractivity contribution in [2.45, 2.75) is 45.4 Å². The normalized spacial score (nSPS) is 16.0. The molecule has 0 bridgehead atoms. The highest BCUT2D eigenvalue weighted by molar-refractivity contribution is 7.18. The summed E-state index contributed by atoms with van der Waals surface area (Å²) in [5.41, 5.74) is 3.52. The van der Waals surface area contributed by atoms with Gasteiger partial charge in [0.05, 0.1) is 35.1 Å². The third kappa shape index (κ3) is 5.54. The van der Waals surface area contributed by atoms with Crippen LogP contribution in [0.5, 0.6) is 5.75 Å². The van der Waals surface area contributed by atoms with E-state index >= 15 is 4.39 Å². The van der Waals surface area contributed by atoms with Crippen molar-refractivity contribution in [3.8, 4) is 39.5 Å². The van der Waals surface area contributed by atoms with E-state index in [-0.39, 0.29) is 35.8 Å². The number of thiophene rings is 1. The maximum Gasteiger partial charge on any atom is 0.251 e. The minimum Gasteiger partial charge on any atom is -0.490 e. The Labute approximate surface area is 279 Å². The topological polar surface area (TPSA) is 110 Å². The van der Waals surface area contributed by atoms with Crippen molar-refractivity contribution in [3.63, 3.8) is 0 Å². The fraction of sp³-hybridized carbons (Fsp3) is 0.278. The van der Waals surface area contributed by atoms with Crippen molar-refractivity contribution in [2.24, 2.45) is 0 Å². The first-order valence-electron chi connectivity index (χ1n) is 15.6. The van der Waals surface area contributed by atoms with Gasteiger partial charge in [0.1, 0.15) is 35.4 Å². The third-order valence-electron chi connectivity index (χ3n) is 8.72. The number of nitrogens with zero attached hydrogens (tertiary/aromatic N) is 4. The van der Waals surface area contributed by atoms with Gasteiger partial charge in [0, 0.05) is 52.0 Å². The maximum absolute atomic E-state index is 16.1. The number of rotatable bonds is 7. The first-order chi connectivity index (χ1) is 22.9. The van der Waals surface area contributed by atoms with Crippen LogP contribution < -0.4 is 10.1 Å². The van der Waals surface area contributed by atoms with Gasteiger partial charge in [-0.3, -0.25) is 14.3 Å². The molecule has 0 saturated carbocycles. The molecule has 12 heteroatoms. The predicted octanol–water partition coefficient (Wildman–Crippen LogP) is 6.30. The first-order valence-corrected chi connectivity index (χ1v) is 16.5. The molecular weight excluding hydrogens is 636 g/mol. The van der Waals surface area contributed by atoms with E-state index in [1.54, 1.807) is 24.8 Å². The summed E-state index contributed by atoms with van der Waals surface area (Å²) in [5.74, 6) is -2.08. The molecule has 0 saturated heterocycles. The lowest BCUT2D eigenvalue weighted by atomic mass is 9.93. The summed E-state index contributed by atoms with van der Waals surface area (Å²) in [6, 6.07) is 10.9. The summed E-state index contributed by atoms with van der Waals surface area (Å²) in [6.07, 6.45) is 1.95. The number of carbonyl (C=O) groups excluding carboxylic acids is 2. The van der Waals surface area contributed by atoms with Crippen LogP contribution in [0.4, 0.5) is 8.78 Å². The molecule has 246 valence electrons. The van der Waals surface area contributed by atoms with E-state index in [2.05, 4.69) is 11.9 Å². The van der Waals surface area contributed by atoms with Crippen LogP contribution in [0.1, 0.15) is 48.4 Å². The van der Waals surface area contributed by atoms with Crippen LogP contribution in [0.25, 0.3) is 43.9 Å². The molecule has 1 atom stereocenters. The number of benzene rings is 2. The summed E-state index contributed by atoms with van der Waals surface area (Å²) in [6.45, 7) is 9.80. The van der Waals surface area contributed by atoms with Crippen molar-refractivity contribution in [1.29, 1.82) is 0 Å². The average molecular weight is 670 g/mol. The van der Waals surface area contributed by atoms with E-state index in [1.807, 2.05) is 41.3 Å². The van der Waals surface area contributed by atoms with Gasteiger partial charge in [-0.1, -0.05) is 12.6 Å². The summed E-state index contributed by atoms with van der Waals surface area (Å²) >= 11 is 1.38. The van der Waals surface area contributed by atoms with E-state index in [4.69, 9.17) is 14.8 Å². The van der Waals surface area contributed by atoms with E-state index in [1.165, 1.54) is 17.4 Å². The van der Waals surface area contributed by atoms with Crippen molar-refractivity contribution in [1.82, 2.24) is 25.0 Å². The highest BCUT2D eigenvalue weighted by atomic mass is 32.1. The molecule has 5 aromatic rings. The lowest BCUT2D eigenvalue weighted by Crippen LogP contribution is -2.40. The number of ether oxygens (including phenoxy) is 1. The molecule has 0 aliphatic carbocycles. The molecule has 2 aliphatic heterocycles. The molecule has 0 fully saturated rings. The average Bonchev–Trinajstić information content (AvgIpc) is 3.71. The standard InChI is InChI=1S/C36H33F2N5O4S/c1-5-29(44)42-11-12-43-27(19(42)2)17-26(41-43)33-31(30-25(38)15-22(37)16-28(30)47-18-36(3,4)46)34-24(9-13-48-34)32(40-33)21-6-7-23-20(14-21)8-10-39-35(23)45/h5-7,9,13-17,19,46H,1,8,10-12,18H2,2-4H3,(H,39,45)/t19-/m1/s1. The van der Waals surface area contributed by atoms with Gasteiger partial charge in [0.2, 0.25) is 5.91 Å². The second kappa shape index (κ2) is 11.9. The zero-order valence-electron chi connectivity index (χ0n) is 26.6. The van der Waals surface area contributed by atoms with E-state index in [0.29, 0.717) is 59.0 Å². The highest BCUT2D eigenvalue weighted by Gasteiger charge is 2.32. The molecule has 2 aliphatic rings. The number of pyridine rings is 1. The molecular formula is C36H33F2N5O4S. The SMILES string of the molecule is C=CC(=O)N1CCn2nc(-c3nc(-c4ccc5c(c4)CCNC5=O)c4ccsc4c3-c3c(F)cc(F)cc3OCC(C)(C)O)cc2[C@H]1C. The fourth-order valence-corrected chi connectivity index (χ4v) is 7.38. The van der Waals surface area contributed by atoms with Crippen molar-refractivity contribution >= 4 is 33.2 Å². The molecule has 5 heterocycles. The van der Waals surface area contributed by atoms with Crippen LogP contribution >= 0.6 is 11.3 Å². The van der Waals surface area contributed by atoms with Crippen LogP contribution in [0.3, 0.4) is 0 Å². The van der Waals surface area contributed by atoms with Gasteiger partial charge in [-0.2, -0.15) is 5.10 Å². The van der Waals surface area contributed by atoms with Crippen LogP contribution in [0.15, 0.2) is 60.5 Å². The lowest BCUT2D eigenvalue weighted by Gasteiger charge is -2.33. The van der Waals surface area contributed by atoms with Gasteiger partial charge < -0.3 is 20.1 Å². The summed E-state index contributed by atoms with van der Waals surface area (Å²) < 4.78 is 39.3. The Bertz CT molecular complexity index is 2130. The first kappa shape index (κ1) is 31.6. The maximum atomic E-state index is 16.1. The Hall–Kier alpha value is -4.94. The largest absolute Gasteiger partial charge is 0.490 e. The van der Waals surface area contributed by atoms with Crippen molar-refractivity contribution < 1.29 is 28.2 Å². The molecule has 2 amide bonds. The predicted molar refractivity (Wildman–Crippen MR) is 180 cm³/mol. The minimum atomic E-state index is -1.28. The Kier molecular flexibility index (Phi) is 7.87. The summed E-state index contributed by atoms with van der Waals surface area (Å²) in [7, 11) is 0. The Morgan fingerprint density at radius 3 is 2.75 bits per heavy atom. The van der Waals surface area contributed by atoms with Crippen LogP contribution in [-0.2, 0) is 17.8 Å². The molecule has 48 heavy (non-hydrogen) atoms. The van der Waals surface area contributed by atoms with Gasteiger partial charge >= 0.3 is 0 Å². The number of aliphatic hydroxyl groups is 1. The van der Waals surface area contributed by atoms with Crippen LogP contribution in [0, 0.1) is 11.6 Å². The Balaban J connectivity index is 1.49. The smallest absolute Gasteiger partial charge is 0.251 e. The Morgan fingerprint density at radius 2 is 1.98 bits per heavy atom. The molecule has 0 spiro atoms. The molecule has 0 unspecified atom stereocenters. The number of amides is 2. The monoisotopic (exact) mass is 669 g/mol. The summed E-state index contributed by atoms with van der Waals surface area (Å²) in [5, 5.41) is 20.8. The highest BCUT2D eigenvalue weighted by Crippen LogP contribution is 2.47. The van der Waals surface area contributed by atoms with Gasteiger partial charge in [-0.05, 0) is 68.5 Å². The van der Waals surface area contributed by atoms with Gasteiger partial charge in [0.15, 0.2) is 0 Å². The second-order valence-corrected chi connectivity index (χ2v) is 13.6. The van der Waals surface area contributed by atoms with E-state index < -0.39 is 17.2 Å². The van der Waals surface area contributed by atoms with Crippen molar-refractivity contribution in [3.05, 3.63) is 89.0 Å². The molecule has 7 rings (SSSR count). The fourth-order valence-electron chi connectivity index (χ4n) is 6.43. The number of nitrogens with one attached hydrogen (secondary N) is 1. The molecule has 3 aromatic heterocycles. The minimum absolute atomic E-state index is 0.00764. The van der Waals surface area contributed by atoms with Gasteiger partial charge in [-0.15, -0.1) is 11.3 Å². The zero-order chi connectivity index (χ0) is 33.9. The van der Waals surface area contributed by atoms with Crippen molar-refractivity contribution in [2.75, 3.05) is 19.7 Å². The van der Waals surface area contributed by atoms with E-state index in [0.717, 1.165) is 34.3 Å². The molecule has 2 aromatic carbocycles. The van der Waals surface area contributed by atoms with E-state index in [9.17, 15) is 19.1 Å². The number of hydrogen-bond acceptors (Lipinski definition) is 7. The van der Waals surface area contributed by atoms with Gasteiger partial charge in [-0.25, -0.2) is 13.8 Å².